The van der Waals surface area contributed by atoms with Crippen molar-refractivity contribution in [3.05, 3.63) is 6.33 Å². The van der Waals surface area contributed by atoms with Crippen molar-refractivity contribution in [2.24, 2.45) is 5.73 Å². The minimum absolute atomic E-state index is 0.347. The van der Waals surface area contributed by atoms with Crippen LogP contribution < -0.4 is 16.4 Å². The predicted molar refractivity (Wildman–Crippen MR) is 129 cm³/mol. The third-order valence-electron chi connectivity index (χ3n) is 7.07. The van der Waals surface area contributed by atoms with Crippen LogP contribution in [0.15, 0.2) is 6.33 Å². The molecule has 0 aliphatic heterocycles. The highest BCUT2D eigenvalue weighted by Crippen LogP contribution is 2.33. The van der Waals surface area contributed by atoms with Crippen LogP contribution in [0.4, 0.5) is 11.8 Å². The van der Waals surface area contributed by atoms with Gasteiger partial charge >= 0.3 is 0 Å². The van der Waals surface area contributed by atoms with Crippen LogP contribution in [0.25, 0.3) is 11.2 Å². The van der Waals surface area contributed by atoms with Crippen molar-refractivity contribution in [2.45, 2.75) is 115 Å². The summed E-state index contributed by atoms with van der Waals surface area (Å²) in [5.74, 6) is 1.61. The quantitative estimate of drug-likeness (QED) is 0.416. The predicted octanol–water partition coefficient (Wildman–Crippen LogP) is 5.40. The van der Waals surface area contributed by atoms with E-state index in [1.54, 1.807) is 0 Å². The molecule has 2 aliphatic carbocycles. The summed E-state index contributed by atoms with van der Waals surface area (Å²) in [6.07, 6.45) is 19.1. The summed E-state index contributed by atoms with van der Waals surface area (Å²) >= 11 is 0. The largest absolute Gasteiger partial charge is 0.368 e. The average molecular weight is 428 g/mol. The number of imidazole rings is 1. The molecule has 0 bridgehead atoms. The highest BCUT2D eigenvalue weighted by Gasteiger charge is 2.23. The summed E-state index contributed by atoms with van der Waals surface area (Å²) in [5.41, 5.74) is 7.98. The molecule has 2 aromatic heterocycles. The summed E-state index contributed by atoms with van der Waals surface area (Å²) in [6, 6.07) is 1.28. The maximum Gasteiger partial charge on any atom is 0.227 e. The van der Waals surface area contributed by atoms with E-state index in [-0.39, 0.29) is 0 Å². The standard InChI is InChI=1S/C24H41N7/c1-2-3-4-5-6-9-16-26-22-21-23(31(17-27-21)20-10-7-8-11-20)30-24(29-22)28-19-14-12-18(25)13-15-19/h17-20H,2-16,25H2,1H3,(H2,26,28,29,30). The number of rotatable bonds is 11. The molecule has 0 aromatic carbocycles. The molecule has 0 saturated heterocycles. The summed E-state index contributed by atoms with van der Waals surface area (Å²) < 4.78 is 2.29. The van der Waals surface area contributed by atoms with Crippen molar-refractivity contribution >= 4 is 22.9 Å². The highest BCUT2D eigenvalue weighted by atomic mass is 15.2. The smallest absolute Gasteiger partial charge is 0.227 e. The zero-order valence-corrected chi connectivity index (χ0v) is 19.3. The molecular weight excluding hydrogens is 386 g/mol. The molecule has 0 radical (unpaired) electrons. The van der Waals surface area contributed by atoms with E-state index in [0.29, 0.717) is 18.1 Å². The SMILES string of the molecule is CCCCCCCCNc1nc(NC2CCC(N)CC2)nc2c1ncn2C1CCCC1. The van der Waals surface area contributed by atoms with E-state index in [4.69, 9.17) is 20.7 Å². The van der Waals surface area contributed by atoms with Crippen LogP contribution >= 0.6 is 0 Å². The number of fused-ring (bicyclic) bond motifs is 1. The minimum Gasteiger partial charge on any atom is -0.368 e. The molecule has 7 nitrogen and oxygen atoms in total. The van der Waals surface area contributed by atoms with E-state index in [1.165, 1.54) is 64.2 Å². The molecule has 31 heavy (non-hydrogen) atoms. The summed E-state index contributed by atoms with van der Waals surface area (Å²) in [4.78, 5) is 14.5. The Hall–Kier alpha value is -1.89. The van der Waals surface area contributed by atoms with Gasteiger partial charge in [-0.25, -0.2) is 4.98 Å². The number of aromatic nitrogens is 4. The Labute approximate surface area is 187 Å². The number of anilines is 2. The average Bonchev–Trinajstić information content (AvgIpc) is 3.44. The van der Waals surface area contributed by atoms with E-state index in [1.807, 2.05) is 6.33 Å². The number of hydrogen-bond acceptors (Lipinski definition) is 6. The molecule has 2 heterocycles. The third-order valence-corrected chi connectivity index (χ3v) is 7.07. The Balaban J connectivity index is 1.47. The van der Waals surface area contributed by atoms with Crippen molar-refractivity contribution < 1.29 is 0 Å². The Morgan fingerprint density at radius 3 is 2.48 bits per heavy atom. The zero-order chi connectivity index (χ0) is 21.5. The molecule has 0 unspecified atom stereocenters. The molecular formula is C24H41N7. The lowest BCUT2D eigenvalue weighted by atomic mass is 9.92. The minimum atomic E-state index is 0.347. The van der Waals surface area contributed by atoms with E-state index in [0.717, 1.165) is 55.2 Å². The van der Waals surface area contributed by atoms with Gasteiger partial charge < -0.3 is 20.9 Å². The summed E-state index contributed by atoms with van der Waals surface area (Å²) in [7, 11) is 0. The maximum absolute atomic E-state index is 6.09. The number of nitrogens with zero attached hydrogens (tertiary/aromatic N) is 4. The van der Waals surface area contributed by atoms with Crippen LogP contribution in [0.3, 0.4) is 0 Å². The first kappa shape index (κ1) is 22.3. The lowest BCUT2D eigenvalue weighted by Gasteiger charge is -2.27. The molecule has 0 atom stereocenters. The zero-order valence-electron chi connectivity index (χ0n) is 19.3. The van der Waals surface area contributed by atoms with Gasteiger partial charge in [-0.3, -0.25) is 0 Å². The van der Waals surface area contributed by atoms with Crippen molar-refractivity contribution in [3.63, 3.8) is 0 Å². The van der Waals surface area contributed by atoms with Crippen molar-refractivity contribution in [2.75, 3.05) is 17.2 Å². The molecule has 2 aromatic rings. The normalized spacial score (nSPS) is 22.3. The third kappa shape index (κ3) is 5.88. The van der Waals surface area contributed by atoms with Crippen molar-refractivity contribution in [1.29, 1.82) is 0 Å². The Bertz CT molecular complexity index is 804. The molecule has 7 heteroatoms. The topological polar surface area (TPSA) is 93.7 Å². The monoisotopic (exact) mass is 427 g/mol. The molecule has 2 fully saturated rings. The first-order chi connectivity index (χ1) is 15.2. The molecule has 0 spiro atoms. The fraction of sp³-hybridized carbons (Fsp3) is 0.792. The summed E-state index contributed by atoms with van der Waals surface area (Å²) in [6.45, 7) is 3.20. The second-order valence-corrected chi connectivity index (χ2v) is 9.61. The lowest BCUT2D eigenvalue weighted by Crippen LogP contribution is -2.33. The first-order valence-electron chi connectivity index (χ1n) is 12.7. The van der Waals surface area contributed by atoms with Gasteiger partial charge in [-0.15, -0.1) is 0 Å². The number of hydrogen-bond donors (Lipinski definition) is 3. The van der Waals surface area contributed by atoms with Crippen LogP contribution in [0, 0.1) is 0 Å². The molecule has 172 valence electrons. The van der Waals surface area contributed by atoms with Crippen molar-refractivity contribution in [1.82, 2.24) is 19.5 Å². The van der Waals surface area contributed by atoms with Crippen LogP contribution in [-0.4, -0.2) is 38.1 Å². The van der Waals surface area contributed by atoms with Gasteiger partial charge in [0.1, 0.15) is 0 Å². The Morgan fingerprint density at radius 2 is 1.71 bits per heavy atom. The summed E-state index contributed by atoms with van der Waals surface area (Å²) in [5, 5.41) is 7.19. The van der Waals surface area contributed by atoms with Gasteiger partial charge in [0.05, 0.1) is 6.33 Å². The number of unbranched alkanes of at least 4 members (excludes halogenated alkanes) is 5. The van der Waals surface area contributed by atoms with E-state index < -0.39 is 0 Å². The van der Waals surface area contributed by atoms with Crippen molar-refractivity contribution in [3.8, 4) is 0 Å². The molecule has 4 N–H and O–H groups in total. The Kier molecular flexibility index (Phi) is 8.00. The number of nitrogens with two attached hydrogens (primary N) is 1. The first-order valence-corrected chi connectivity index (χ1v) is 12.7. The lowest BCUT2D eigenvalue weighted by molar-refractivity contribution is 0.410. The highest BCUT2D eigenvalue weighted by molar-refractivity contribution is 5.84. The van der Waals surface area contributed by atoms with Gasteiger partial charge in [0, 0.05) is 24.7 Å². The van der Waals surface area contributed by atoms with Crippen LogP contribution in [0.5, 0.6) is 0 Å². The Morgan fingerprint density at radius 1 is 0.968 bits per heavy atom. The van der Waals surface area contributed by atoms with Gasteiger partial charge in [-0.1, -0.05) is 51.9 Å². The fourth-order valence-corrected chi connectivity index (χ4v) is 5.11. The van der Waals surface area contributed by atoms with Gasteiger partial charge in [-0.05, 0) is 44.9 Å². The van der Waals surface area contributed by atoms with Gasteiger partial charge in [0.2, 0.25) is 5.95 Å². The fourth-order valence-electron chi connectivity index (χ4n) is 5.11. The maximum atomic E-state index is 6.09. The molecule has 2 aliphatic rings. The second-order valence-electron chi connectivity index (χ2n) is 9.61. The van der Waals surface area contributed by atoms with Gasteiger partial charge in [0.15, 0.2) is 17.0 Å². The van der Waals surface area contributed by atoms with Crippen LogP contribution in [0.1, 0.15) is 103 Å². The molecule has 0 amide bonds. The van der Waals surface area contributed by atoms with E-state index in [2.05, 4.69) is 22.1 Å². The van der Waals surface area contributed by atoms with Gasteiger partial charge in [-0.2, -0.15) is 9.97 Å². The number of nitrogens with one attached hydrogen (secondary N) is 2. The molecule has 4 rings (SSSR count). The van der Waals surface area contributed by atoms with E-state index in [9.17, 15) is 0 Å². The van der Waals surface area contributed by atoms with E-state index >= 15 is 0 Å². The van der Waals surface area contributed by atoms with Crippen LogP contribution in [-0.2, 0) is 0 Å². The van der Waals surface area contributed by atoms with Crippen LogP contribution in [0.2, 0.25) is 0 Å². The van der Waals surface area contributed by atoms with Gasteiger partial charge in [0.25, 0.3) is 0 Å². The second kappa shape index (κ2) is 11.1. The molecule has 2 saturated carbocycles.